The zero-order valence-corrected chi connectivity index (χ0v) is 11.3. The largest absolute Gasteiger partial charge is 0.339 e. The summed E-state index contributed by atoms with van der Waals surface area (Å²) in [6.07, 6.45) is 4.74. The lowest BCUT2D eigenvalue weighted by Crippen LogP contribution is -2.46. The van der Waals surface area contributed by atoms with Crippen molar-refractivity contribution in [3.05, 3.63) is 11.7 Å². The molecule has 2 atom stereocenters. The molecule has 2 aliphatic rings. The van der Waals surface area contributed by atoms with Crippen LogP contribution >= 0.6 is 0 Å². The summed E-state index contributed by atoms with van der Waals surface area (Å²) < 4.78 is 4.88. The summed E-state index contributed by atoms with van der Waals surface area (Å²) in [5.41, 5.74) is 0. The first-order chi connectivity index (χ1) is 9.24. The molecule has 6 nitrogen and oxygen atoms in total. The second-order valence-electron chi connectivity index (χ2n) is 5.49. The normalized spacial score (nSPS) is 27.7. The van der Waals surface area contributed by atoms with Crippen molar-refractivity contribution in [1.29, 1.82) is 0 Å². The average Bonchev–Trinajstić information content (AvgIpc) is 3.09. The first-order valence-electron chi connectivity index (χ1n) is 7.07. The van der Waals surface area contributed by atoms with Crippen LogP contribution in [0.4, 0.5) is 0 Å². The molecule has 3 rings (SSSR count). The fraction of sp³-hybridized carbons (Fsp3) is 0.769. The molecule has 0 spiro atoms. The molecule has 104 valence electrons. The highest BCUT2D eigenvalue weighted by molar-refractivity contribution is 5.90. The fourth-order valence-electron chi connectivity index (χ4n) is 3.16. The molecule has 1 amide bonds. The molecule has 2 aliphatic heterocycles. The first-order valence-corrected chi connectivity index (χ1v) is 7.07. The second kappa shape index (κ2) is 5.28. The molecule has 19 heavy (non-hydrogen) atoms. The Morgan fingerprint density at radius 3 is 3.00 bits per heavy atom. The van der Waals surface area contributed by atoms with Crippen LogP contribution in [0.1, 0.15) is 42.2 Å². The van der Waals surface area contributed by atoms with Crippen LogP contribution in [0.3, 0.4) is 0 Å². The van der Waals surface area contributed by atoms with Gasteiger partial charge in [0.2, 0.25) is 5.89 Å². The summed E-state index contributed by atoms with van der Waals surface area (Å²) >= 11 is 0. The Morgan fingerprint density at radius 1 is 1.42 bits per heavy atom. The van der Waals surface area contributed by atoms with Crippen LogP contribution in [0.25, 0.3) is 0 Å². The van der Waals surface area contributed by atoms with Crippen LogP contribution in [0.15, 0.2) is 4.52 Å². The first kappa shape index (κ1) is 12.6. The SMILES string of the molecule is Cc1nc(C(=O)N2CCCC(C3CCCN3)C2)no1. The molecule has 1 aromatic rings. The van der Waals surface area contributed by atoms with Gasteiger partial charge in [-0.1, -0.05) is 5.16 Å². The van der Waals surface area contributed by atoms with E-state index < -0.39 is 0 Å². The van der Waals surface area contributed by atoms with Gasteiger partial charge >= 0.3 is 0 Å². The number of carbonyl (C=O) groups excluding carboxylic acids is 1. The van der Waals surface area contributed by atoms with Crippen LogP contribution in [0.2, 0.25) is 0 Å². The third kappa shape index (κ3) is 2.63. The van der Waals surface area contributed by atoms with Gasteiger partial charge in [-0.25, -0.2) is 0 Å². The van der Waals surface area contributed by atoms with Crippen LogP contribution in [0, 0.1) is 12.8 Å². The number of nitrogens with one attached hydrogen (secondary N) is 1. The number of aryl methyl sites for hydroxylation is 1. The smallest absolute Gasteiger partial charge is 0.295 e. The highest BCUT2D eigenvalue weighted by Crippen LogP contribution is 2.25. The van der Waals surface area contributed by atoms with Crippen LogP contribution < -0.4 is 5.32 Å². The van der Waals surface area contributed by atoms with E-state index in [1.54, 1.807) is 6.92 Å². The molecule has 2 saturated heterocycles. The van der Waals surface area contributed by atoms with Gasteiger partial charge in [0, 0.05) is 26.1 Å². The summed E-state index contributed by atoms with van der Waals surface area (Å²) in [5.74, 6) is 1.10. The summed E-state index contributed by atoms with van der Waals surface area (Å²) in [4.78, 5) is 18.2. The highest BCUT2D eigenvalue weighted by atomic mass is 16.5. The van der Waals surface area contributed by atoms with Gasteiger partial charge in [0.25, 0.3) is 11.7 Å². The topological polar surface area (TPSA) is 71.3 Å². The Kier molecular flexibility index (Phi) is 3.50. The van der Waals surface area contributed by atoms with Gasteiger partial charge in [-0.15, -0.1) is 0 Å². The van der Waals surface area contributed by atoms with Crippen molar-refractivity contribution in [2.75, 3.05) is 19.6 Å². The number of hydrogen-bond acceptors (Lipinski definition) is 5. The van der Waals surface area contributed by atoms with E-state index in [0.717, 1.165) is 26.1 Å². The molecule has 0 bridgehead atoms. The van der Waals surface area contributed by atoms with Gasteiger partial charge in [0.05, 0.1) is 0 Å². The van der Waals surface area contributed by atoms with Crippen LogP contribution in [0.5, 0.6) is 0 Å². The van der Waals surface area contributed by atoms with Gasteiger partial charge in [-0.3, -0.25) is 4.79 Å². The van der Waals surface area contributed by atoms with E-state index in [4.69, 9.17) is 4.52 Å². The molecular weight excluding hydrogens is 244 g/mol. The zero-order chi connectivity index (χ0) is 13.2. The predicted octanol–water partition coefficient (Wildman–Crippen LogP) is 0.982. The van der Waals surface area contributed by atoms with Gasteiger partial charge < -0.3 is 14.7 Å². The van der Waals surface area contributed by atoms with E-state index >= 15 is 0 Å². The molecule has 3 heterocycles. The van der Waals surface area contributed by atoms with Gasteiger partial charge in [-0.2, -0.15) is 4.98 Å². The third-order valence-corrected chi connectivity index (χ3v) is 4.13. The van der Waals surface area contributed by atoms with E-state index in [2.05, 4.69) is 15.5 Å². The van der Waals surface area contributed by atoms with E-state index in [0.29, 0.717) is 17.9 Å². The van der Waals surface area contributed by atoms with Crippen molar-refractivity contribution in [1.82, 2.24) is 20.4 Å². The van der Waals surface area contributed by atoms with E-state index in [1.165, 1.54) is 19.3 Å². The second-order valence-corrected chi connectivity index (χ2v) is 5.49. The monoisotopic (exact) mass is 264 g/mol. The number of piperidine rings is 1. The summed E-state index contributed by atoms with van der Waals surface area (Å²) in [6, 6.07) is 0.572. The Balaban J connectivity index is 1.65. The number of rotatable bonds is 2. The predicted molar refractivity (Wildman–Crippen MR) is 68.7 cm³/mol. The molecule has 2 unspecified atom stereocenters. The van der Waals surface area contributed by atoms with Crippen molar-refractivity contribution >= 4 is 5.91 Å². The Morgan fingerprint density at radius 2 is 2.32 bits per heavy atom. The molecule has 2 fully saturated rings. The molecule has 0 aliphatic carbocycles. The lowest BCUT2D eigenvalue weighted by molar-refractivity contribution is 0.0635. The highest BCUT2D eigenvalue weighted by Gasteiger charge is 2.32. The van der Waals surface area contributed by atoms with Crippen molar-refractivity contribution in [3.63, 3.8) is 0 Å². The minimum atomic E-state index is -0.0976. The maximum atomic E-state index is 12.3. The third-order valence-electron chi connectivity index (χ3n) is 4.13. The van der Waals surface area contributed by atoms with Gasteiger partial charge in [0.1, 0.15) is 0 Å². The Bertz CT molecular complexity index is 453. The average molecular weight is 264 g/mol. The van der Waals surface area contributed by atoms with Crippen LogP contribution in [-0.4, -0.2) is 46.6 Å². The Hall–Kier alpha value is -1.43. The van der Waals surface area contributed by atoms with E-state index in [-0.39, 0.29) is 11.7 Å². The van der Waals surface area contributed by atoms with E-state index in [9.17, 15) is 4.79 Å². The van der Waals surface area contributed by atoms with E-state index in [1.807, 2.05) is 4.90 Å². The lowest BCUT2D eigenvalue weighted by Gasteiger charge is -2.35. The molecule has 1 N–H and O–H groups in total. The standard InChI is InChI=1S/C13H20N4O2/c1-9-15-12(16-19-9)13(18)17-7-3-4-10(8-17)11-5-2-6-14-11/h10-11,14H,2-8H2,1H3. The number of carbonyl (C=O) groups is 1. The molecule has 1 aromatic heterocycles. The molecule has 0 aromatic carbocycles. The molecular formula is C13H20N4O2. The number of likely N-dealkylation sites (tertiary alicyclic amines) is 1. The van der Waals surface area contributed by atoms with Crippen molar-refractivity contribution in [3.8, 4) is 0 Å². The summed E-state index contributed by atoms with van der Waals surface area (Å²) in [6.45, 7) is 4.42. The molecule has 6 heteroatoms. The quantitative estimate of drug-likeness (QED) is 0.862. The fourth-order valence-corrected chi connectivity index (χ4v) is 3.16. The molecule has 0 radical (unpaired) electrons. The number of hydrogen-bond donors (Lipinski definition) is 1. The van der Waals surface area contributed by atoms with Crippen LogP contribution in [-0.2, 0) is 0 Å². The lowest BCUT2D eigenvalue weighted by atomic mass is 9.90. The number of amides is 1. The van der Waals surface area contributed by atoms with Gasteiger partial charge in [0.15, 0.2) is 0 Å². The van der Waals surface area contributed by atoms with Crippen molar-refractivity contribution in [2.45, 2.75) is 38.6 Å². The number of nitrogens with zero attached hydrogens (tertiary/aromatic N) is 3. The maximum Gasteiger partial charge on any atom is 0.295 e. The minimum absolute atomic E-state index is 0.0976. The van der Waals surface area contributed by atoms with Crippen molar-refractivity contribution in [2.24, 2.45) is 5.92 Å². The summed E-state index contributed by atoms with van der Waals surface area (Å²) in [7, 11) is 0. The summed E-state index contributed by atoms with van der Waals surface area (Å²) in [5, 5.41) is 7.26. The molecule has 0 saturated carbocycles. The van der Waals surface area contributed by atoms with Gasteiger partial charge in [-0.05, 0) is 38.1 Å². The Labute approximate surface area is 112 Å². The maximum absolute atomic E-state index is 12.3. The minimum Gasteiger partial charge on any atom is -0.339 e. The number of aromatic nitrogens is 2. The van der Waals surface area contributed by atoms with Crippen molar-refractivity contribution < 1.29 is 9.32 Å². The zero-order valence-electron chi connectivity index (χ0n) is 11.3.